The van der Waals surface area contributed by atoms with Crippen LogP contribution in [0.2, 0.25) is 0 Å². The normalized spacial score (nSPS) is 20.1. The molecule has 2 aromatic rings. The number of halogens is 1. The Morgan fingerprint density at radius 3 is 2.59 bits per heavy atom. The maximum Gasteiger partial charge on any atom is 0.251 e. The molecule has 0 N–H and O–H groups in total. The first kappa shape index (κ1) is 19.8. The quantitative estimate of drug-likeness (QED) is 0.791. The summed E-state index contributed by atoms with van der Waals surface area (Å²) >= 11 is 0. The van der Waals surface area contributed by atoms with Gasteiger partial charge < -0.3 is 14.5 Å². The molecular formula is C22H27FN4O2. The molecule has 0 bridgehead atoms. The Labute approximate surface area is 170 Å². The summed E-state index contributed by atoms with van der Waals surface area (Å²) in [6, 6.07) is 6.73. The van der Waals surface area contributed by atoms with Crippen LogP contribution in [0.3, 0.4) is 0 Å². The molecule has 0 aliphatic carbocycles. The molecular weight excluding hydrogens is 371 g/mol. The molecule has 1 amide bonds. The van der Waals surface area contributed by atoms with Gasteiger partial charge in [0, 0.05) is 57.0 Å². The number of rotatable bonds is 4. The van der Waals surface area contributed by atoms with Crippen LogP contribution in [0, 0.1) is 5.82 Å². The fraction of sp³-hybridized carbons (Fsp3) is 0.500. The number of likely N-dealkylation sites (tertiary alicyclic amines) is 1. The first-order valence-electron chi connectivity index (χ1n) is 10.2. The highest BCUT2D eigenvalue weighted by atomic mass is 19.1. The van der Waals surface area contributed by atoms with Crippen LogP contribution in [0.4, 0.5) is 10.3 Å². The van der Waals surface area contributed by atoms with Crippen molar-refractivity contribution < 1.29 is 13.9 Å². The van der Waals surface area contributed by atoms with Crippen molar-refractivity contribution in [1.82, 2.24) is 14.9 Å². The van der Waals surface area contributed by atoms with E-state index in [0.717, 1.165) is 36.9 Å². The lowest BCUT2D eigenvalue weighted by Gasteiger charge is -2.34. The summed E-state index contributed by atoms with van der Waals surface area (Å²) in [6.07, 6.45) is 4.80. The van der Waals surface area contributed by atoms with E-state index in [1.54, 1.807) is 18.3 Å². The summed E-state index contributed by atoms with van der Waals surface area (Å²) in [6.45, 7) is 2.01. The van der Waals surface area contributed by atoms with E-state index < -0.39 is 0 Å². The van der Waals surface area contributed by atoms with E-state index in [2.05, 4.69) is 4.98 Å². The van der Waals surface area contributed by atoms with Gasteiger partial charge in [-0.25, -0.2) is 14.4 Å². The lowest BCUT2D eigenvalue weighted by molar-refractivity contribution is -0.142. The minimum Gasteiger partial charge on any atom is -0.368 e. The molecule has 0 saturated carbocycles. The average Bonchev–Trinajstić information content (AvgIpc) is 3.28. The fourth-order valence-electron chi connectivity index (χ4n) is 4.15. The molecule has 2 fully saturated rings. The largest absolute Gasteiger partial charge is 0.368 e. The molecule has 0 unspecified atom stereocenters. The van der Waals surface area contributed by atoms with Crippen LogP contribution in [0.25, 0.3) is 11.1 Å². The Hall–Kier alpha value is -2.54. The number of hydrogen-bond acceptors (Lipinski definition) is 5. The van der Waals surface area contributed by atoms with Gasteiger partial charge in [-0.1, -0.05) is 18.2 Å². The molecule has 2 saturated heterocycles. The third-order valence-corrected chi connectivity index (χ3v) is 5.77. The van der Waals surface area contributed by atoms with E-state index in [-0.39, 0.29) is 23.7 Å². The number of piperidine rings is 1. The van der Waals surface area contributed by atoms with E-state index >= 15 is 0 Å². The van der Waals surface area contributed by atoms with E-state index in [9.17, 15) is 9.18 Å². The molecule has 4 rings (SSSR count). The number of carbonyl (C=O) groups is 1. The Bertz CT molecular complexity index is 875. The summed E-state index contributed by atoms with van der Waals surface area (Å²) < 4.78 is 20.0. The topological polar surface area (TPSA) is 58.6 Å². The number of hydrogen-bond donors (Lipinski definition) is 0. The van der Waals surface area contributed by atoms with Gasteiger partial charge in [-0.3, -0.25) is 4.79 Å². The maximum absolute atomic E-state index is 14.5. The third kappa shape index (κ3) is 4.10. The van der Waals surface area contributed by atoms with Gasteiger partial charge in [-0.15, -0.1) is 0 Å². The van der Waals surface area contributed by atoms with Crippen LogP contribution in [0.15, 0.2) is 30.5 Å². The van der Waals surface area contributed by atoms with Crippen molar-refractivity contribution >= 4 is 11.9 Å². The molecule has 1 aromatic heterocycles. The van der Waals surface area contributed by atoms with Crippen LogP contribution >= 0.6 is 0 Å². The van der Waals surface area contributed by atoms with E-state index in [0.29, 0.717) is 31.2 Å². The highest BCUT2D eigenvalue weighted by molar-refractivity contribution is 5.81. The highest BCUT2D eigenvalue weighted by Gasteiger charge is 2.32. The standard InChI is InChI=1S/C22H27FN4O2/c1-26(2)22-24-14-17(16-6-3-4-7-18(16)23)20(25-22)15-9-11-27(12-10-15)21(28)19-8-5-13-29-19/h3-4,6-7,14-15,19H,5,8-13H2,1-2H3/t19-/m1/s1. The van der Waals surface area contributed by atoms with Gasteiger partial charge in [-0.05, 0) is 31.7 Å². The average molecular weight is 398 g/mol. The first-order valence-corrected chi connectivity index (χ1v) is 10.2. The maximum atomic E-state index is 14.5. The zero-order valence-corrected chi connectivity index (χ0v) is 17.0. The number of nitrogens with zero attached hydrogens (tertiary/aromatic N) is 4. The molecule has 7 heteroatoms. The van der Waals surface area contributed by atoms with Crippen LogP contribution in [-0.4, -0.2) is 60.7 Å². The van der Waals surface area contributed by atoms with Gasteiger partial charge in [0.15, 0.2) is 0 Å². The number of benzene rings is 1. The molecule has 2 aliphatic heterocycles. The number of anilines is 1. The predicted octanol–water partition coefficient (Wildman–Crippen LogP) is 3.23. The van der Waals surface area contributed by atoms with Gasteiger partial charge in [0.25, 0.3) is 5.91 Å². The Balaban J connectivity index is 1.58. The highest BCUT2D eigenvalue weighted by Crippen LogP contribution is 2.36. The molecule has 1 atom stereocenters. The lowest BCUT2D eigenvalue weighted by atomic mass is 9.88. The number of ether oxygens (including phenoxy) is 1. The summed E-state index contributed by atoms with van der Waals surface area (Å²) in [5.41, 5.74) is 2.11. The van der Waals surface area contributed by atoms with Crippen LogP contribution < -0.4 is 4.90 Å². The summed E-state index contributed by atoms with van der Waals surface area (Å²) in [4.78, 5) is 25.6. The van der Waals surface area contributed by atoms with Crippen molar-refractivity contribution in [1.29, 1.82) is 0 Å². The molecule has 2 aliphatic rings. The second-order valence-corrected chi connectivity index (χ2v) is 7.94. The zero-order chi connectivity index (χ0) is 20.4. The molecule has 6 nitrogen and oxygen atoms in total. The SMILES string of the molecule is CN(C)c1ncc(-c2ccccc2F)c(C2CCN(C(=O)[C@H]3CCCO3)CC2)n1. The van der Waals surface area contributed by atoms with Crippen LogP contribution in [0.5, 0.6) is 0 Å². The van der Waals surface area contributed by atoms with E-state index in [4.69, 9.17) is 9.72 Å². The van der Waals surface area contributed by atoms with Crippen LogP contribution in [0.1, 0.15) is 37.3 Å². The molecule has 29 heavy (non-hydrogen) atoms. The van der Waals surface area contributed by atoms with Gasteiger partial charge in [0.1, 0.15) is 11.9 Å². The van der Waals surface area contributed by atoms with Crippen molar-refractivity contribution in [3.05, 3.63) is 42.0 Å². The smallest absolute Gasteiger partial charge is 0.251 e. The zero-order valence-electron chi connectivity index (χ0n) is 17.0. The van der Waals surface area contributed by atoms with Crippen molar-refractivity contribution in [2.45, 2.75) is 37.7 Å². The van der Waals surface area contributed by atoms with Gasteiger partial charge in [0.2, 0.25) is 5.95 Å². The molecule has 154 valence electrons. The second-order valence-electron chi connectivity index (χ2n) is 7.94. The summed E-state index contributed by atoms with van der Waals surface area (Å²) in [5, 5.41) is 0. The predicted molar refractivity (Wildman–Crippen MR) is 109 cm³/mol. The first-order chi connectivity index (χ1) is 14.0. The fourth-order valence-corrected chi connectivity index (χ4v) is 4.15. The molecule has 0 radical (unpaired) electrons. The second kappa shape index (κ2) is 8.45. The molecule has 0 spiro atoms. The van der Waals surface area contributed by atoms with E-state index in [1.807, 2.05) is 30.0 Å². The Morgan fingerprint density at radius 1 is 1.17 bits per heavy atom. The number of amides is 1. The minimum absolute atomic E-state index is 0.104. The van der Waals surface area contributed by atoms with Gasteiger partial charge in [-0.2, -0.15) is 0 Å². The monoisotopic (exact) mass is 398 g/mol. The van der Waals surface area contributed by atoms with Crippen LogP contribution in [-0.2, 0) is 9.53 Å². The lowest BCUT2D eigenvalue weighted by Crippen LogP contribution is -2.43. The Morgan fingerprint density at radius 2 is 1.93 bits per heavy atom. The molecule has 3 heterocycles. The third-order valence-electron chi connectivity index (χ3n) is 5.77. The van der Waals surface area contributed by atoms with Crippen molar-refractivity contribution in [3.8, 4) is 11.1 Å². The molecule has 1 aromatic carbocycles. The summed E-state index contributed by atoms with van der Waals surface area (Å²) in [5.74, 6) is 0.589. The number of carbonyl (C=O) groups excluding carboxylic acids is 1. The van der Waals surface area contributed by atoms with Gasteiger partial charge in [0.05, 0.1) is 5.69 Å². The Kier molecular flexibility index (Phi) is 5.76. The van der Waals surface area contributed by atoms with Crippen molar-refractivity contribution in [2.24, 2.45) is 0 Å². The van der Waals surface area contributed by atoms with Crippen molar-refractivity contribution in [2.75, 3.05) is 38.7 Å². The van der Waals surface area contributed by atoms with Crippen molar-refractivity contribution in [3.63, 3.8) is 0 Å². The minimum atomic E-state index is -0.278. The number of aromatic nitrogens is 2. The van der Waals surface area contributed by atoms with E-state index in [1.165, 1.54) is 6.07 Å². The summed E-state index contributed by atoms with van der Waals surface area (Å²) in [7, 11) is 3.79. The van der Waals surface area contributed by atoms with Gasteiger partial charge >= 0.3 is 0 Å².